The lowest BCUT2D eigenvalue weighted by Gasteiger charge is -2.13. The topological polar surface area (TPSA) is 20.2 Å². The van der Waals surface area contributed by atoms with Crippen LogP contribution >= 0.6 is 0 Å². The van der Waals surface area contributed by atoms with E-state index in [1.165, 1.54) is 17.7 Å². The van der Waals surface area contributed by atoms with Crippen LogP contribution in [0.25, 0.3) is 0 Å². The average Bonchev–Trinajstić information content (AvgIpc) is 2.37. The van der Waals surface area contributed by atoms with Gasteiger partial charge in [0.15, 0.2) is 0 Å². The minimum atomic E-state index is -0.780. The van der Waals surface area contributed by atoms with E-state index in [9.17, 15) is 9.50 Å². The monoisotopic (exact) mass is 272 g/mol. The van der Waals surface area contributed by atoms with Crippen LogP contribution in [0, 0.1) is 18.7 Å². The number of aryl methyl sites for hydroxylation is 1. The fraction of sp³-hybridized carbons (Fsp3) is 0.333. The molecule has 0 fully saturated rings. The molecular formula is C18H21FO. The summed E-state index contributed by atoms with van der Waals surface area (Å²) in [6, 6.07) is 12.6. The van der Waals surface area contributed by atoms with Crippen LogP contribution in [0.15, 0.2) is 42.5 Å². The fourth-order valence-electron chi connectivity index (χ4n) is 2.42. The van der Waals surface area contributed by atoms with Crippen molar-refractivity contribution in [2.45, 2.75) is 33.3 Å². The van der Waals surface area contributed by atoms with Crippen molar-refractivity contribution in [2.75, 3.05) is 0 Å². The van der Waals surface area contributed by atoms with E-state index in [0.29, 0.717) is 11.5 Å². The summed E-state index contributed by atoms with van der Waals surface area (Å²) in [4.78, 5) is 0. The molecule has 0 saturated heterocycles. The Labute approximate surface area is 120 Å². The third kappa shape index (κ3) is 3.67. The molecule has 0 amide bonds. The number of hydrogen-bond donors (Lipinski definition) is 1. The van der Waals surface area contributed by atoms with Gasteiger partial charge in [-0.3, -0.25) is 0 Å². The first-order valence-electron chi connectivity index (χ1n) is 6.99. The minimum Gasteiger partial charge on any atom is -0.384 e. The highest BCUT2D eigenvalue weighted by Gasteiger charge is 2.12. The summed E-state index contributed by atoms with van der Waals surface area (Å²) < 4.78 is 13.4. The minimum absolute atomic E-state index is 0.310. The molecule has 0 saturated carbocycles. The van der Waals surface area contributed by atoms with E-state index in [4.69, 9.17) is 0 Å². The third-order valence-electron chi connectivity index (χ3n) is 3.32. The van der Waals surface area contributed by atoms with Gasteiger partial charge < -0.3 is 5.11 Å². The Kier molecular flexibility index (Phi) is 4.56. The highest BCUT2D eigenvalue weighted by atomic mass is 19.1. The van der Waals surface area contributed by atoms with Crippen molar-refractivity contribution in [1.82, 2.24) is 0 Å². The van der Waals surface area contributed by atoms with Crippen LogP contribution in [-0.2, 0) is 6.42 Å². The predicted octanol–water partition coefficient (Wildman–Crippen LogP) is 4.41. The standard InChI is InChI=1S/C18H21FO/c1-12(2)8-14-4-6-15(7-5-14)18(20)16-9-13(3)10-17(19)11-16/h4-7,9-12,18,20H,8H2,1-3H3. The molecule has 0 radical (unpaired) electrons. The van der Waals surface area contributed by atoms with Gasteiger partial charge in [0, 0.05) is 0 Å². The molecule has 1 atom stereocenters. The first-order chi connectivity index (χ1) is 9.45. The Bertz CT molecular complexity index is 552. The number of hydrogen-bond acceptors (Lipinski definition) is 1. The number of benzene rings is 2. The van der Waals surface area contributed by atoms with E-state index in [1.54, 1.807) is 0 Å². The summed E-state index contributed by atoms with van der Waals surface area (Å²) in [6.07, 6.45) is 0.243. The zero-order chi connectivity index (χ0) is 14.7. The van der Waals surface area contributed by atoms with Crippen LogP contribution in [0.1, 0.15) is 42.2 Å². The molecule has 2 aromatic carbocycles. The van der Waals surface area contributed by atoms with Crippen molar-refractivity contribution in [1.29, 1.82) is 0 Å². The molecule has 2 heteroatoms. The van der Waals surface area contributed by atoms with Crippen molar-refractivity contribution < 1.29 is 9.50 Å². The van der Waals surface area contributed by atoms with E-state index in [1.807, 2.05) is 37.3 Å². The Morgan fingerprint density at radius 2 is 1.65 bits per heavy atom. The van der Waals surface area contributed by atoms with Crippen LogP contribution < -0.4 is 0 Å². The second-order valence-corrected chi connectivity index (χ2v) is 5.80. The summed E-state index contributed by atoms with van der Waals surface area (Å²) in [5.74, 6) is 0.298. The summed E-state index contributed by atoms with van der Waals surface area (Å²) in [7, 11) is 0. The van der Waals surface area contributed by atoms with Gasteiger partial charge in [-0.05, 0) is 53.6 Å². The molecule has 20 heavy (non-hydrogen) atoms. The molecule has 2 rings (SSSR count). The van der Waals surface area contributed by atoms with Crippen molar-refractivity contribution in [2.24, 2.45) is 5.92 Å². The number of aliphatic hydroxyl groups excluding tert-OH is 1. The second kappa shape index (κ2) is 6.19. The van der Waals surface area contributed by atoms with Gasteiger partial charge in [-0.15, -0.1) is 0 Å². The highest BCUT2D eigenvalue weighted by Crippen LogP contribution is 2.24. The zero-order valence-electron chi connectivity index (χ0n) is 12.2. The average molecular weight is 272 g/mol. The first-order valence-corrected chi connectivity index (χ1v) is 6.99. The van der Waals surface area contributed by atoms with Crippen LogP contribution in [0.5, 0.6) is 0 Å². The summed E-state index contributed by atoms with van der Waals surface area (Å²) in [6.45, 7) is 6.18. The predicted molar refractivity (Wildman–Crippen MR) is 80.2 cm³/mol. The molecule has 0 aliphatic rings. The molecule has 0 aromatic heterocycles. The van der Waals surface area contributed by atoms with Crippen molar-refractivity contribution in [3.8, 4) is 0 Å². The van der Waals surface area contributed by atoms with E-state index in [0.717, 1.165) is 17.5 Å². The van der Waals surface area contributed by atoms with Crippen LogP contribution in [0.2, 0.25) is 0 Å². The molecular weight excluding hydrogens is 251 g/mol. The molecule has 0 spiro atoms. The summed E-state index contributed by atoms with van der Waals surface area (Å²) in [5, 5.41) is 10.3. The molecule has 1 N–H and O–H groups in total. The maximum atomic E-state index is 13.4. The largest absolute Gasteiger partial charge is 0.384 e. The molecule has 0 aliphatic heterocycles. The normalized spacial score (nSPS) is 12.7. The van der Waals surface area contributed by atoms with Gasteiger partial charge in [-0.25, -0.2) is 4.39 Å². The quantitative estimate of drug-likeness (QED) is 0.873. The smallest absolute Gasteiger partial charge is 0.123 e. The van der Waals surface area contributed by atoms with Gasteiger partial charge >= 0.3 is 0 Å². The Morgan fingerprint density at radius 1 is 1.00 bits per heavy atom. The molecule has 1 unspecified atom stereocenters. The Hall–Kier alpha value is -1.67. The Balaban J connectivity index is 2.22. The van der Waals surface area contributed by atoms with Crippen LogP contribution in [-0.4, -0.2) is 5.11 Å². The van der Waals surface area contributed by atoms with E-state index >= 15 is 0 Å². The van der Waals surface area contributed by atoms with Crippen molar-refractivity contribution in [3.05, 3.63) is 70.5 Å². The van der Waals surface area contributed by atoms with Crippen LogP contribution in [0.3, 0.4) is 0 Å². The number of halogens is 1. The lowest BCUT2D eigenvalue weighted by molar-refractivity contribution is 0.219. The van der Waals surface area contributed by atoms with Gasteiger partial charge in [0.25, 0.3) is 0 Å². The van der Waals surface area contributed by atoms with Crippen LogP contribution in [0.4, 0.5) is 4.39 Å². The second-order valence-electron chi connectivity index (χ2n) is 5.80. The van der Waals surface area contributed by atoms with Gasteiger partial charge in [-0.2, -0.15) is 0 Å². The van der Waals surface area contributed by atoms with Crippen molar-refractivity contribution in [3.63, 3.8) is 0 Å². The van der Waals surface area contributed by atoms with Gasteiger partial charge in [-0.1, -0.05) is 44.2 Å². The Morgan fingerprint density at radius 3 is 2.20 bits per heavy atom. The molecule has 0 bridgehead atoms. The SMILES string of the molecule is Cc1cc(F)cc(C(O)c2ccc(CC(C)C)cc2)c1. The van der Waals surface area contributed by atoms with Gasteiger partial charge in [0.2, 0.25) is 0 Å². The summed E-state index contributed by atoms with van der Waals surface area (Å²) >= 11 is 0. The molecule has 0 heterocycles. The van der Waals surface area contributed by atoms with E-state index in [-0.39, 0.29) is 5.82 Å². The summed E-state index contributed by atoms with van der Waals surface area (Å²) in [5.41, 5.74) is 3.46. The molecule has 2 aromatic rings. The fourth-order valence-corrected chi connectivity index (χ4v) is 2.42. The third-order valence-corrected chi connectivity index (χ3v) is 3.32. The lowest BCUT2D eigenvalue weighted by Crippen LogP contribution is -2.02. The lowest BCUT2D eigenvalue weighted by atomic mass is 9.96. The number of rotatable bonds is 4. The maximum absolute atomic E-state index is 13.4. The van der Waals surface area contributed by atoms with E-state index < -0.39 is 6.10 Å². The van der Waals surface area contributed by atoms with E-state index in [2.05, 4.69) is 13.8 Å². The molecule has 1 nitrogen and oxygen atoms in total. The highest BCUT2D eigenvalue weighted by molar-refractivity contribution is 5.34. The van der Waals surface area contributed by atoms with Gasteiger partial charge in [0.05, 0.1) is 0 Å². The first kappa shape index (κ1) is 14.7. The zero-order valence-corrected chi connectivity index (χ0v) is 12.2. The van der Waals surface area contributed by atoms with Crippen molar-refractivity contribution >= 4 is 0 Å². The van der Waals surface area contributed by atoms with Gasteiger partial charge in [0.1, 0.15) is 11.9 Å². The maximum Gasteiger partial charge on any atom is 0.123 e. The molecule has 106 valence electrons. The molecule has 0 aliphatic carbocycles. The number of aliphatic hydroxyl groups is 1.